The van der Waals surface area contributed by atoms with E-state index in [-0.39, 0.29) is 10.8 Å². The van der Waals surface area contributed by atoms with E-state index in [1.54, 1.807) is 12.1 Å². The maximum atomic E-state index is 12.5. The Morgan fingerprint density at radius 3 is 2.43 bits per heavy atom. The zero-order chi connectivity index (χ0) is 20.1. The highest BCUT2D eigenvalue weighted by Gasteiger charge is 2.27. The summed E-state index contributed by atoms with van der Waals surface area (Å²) in [6.07, 6.45) is 1.79. The first kappa shape index (κ1) is 20.4. The summed E-state index contributed by atoms with van der Waals surface area (Å²) in [7, 11) is -3.46. The van der Waals surface area contributed by atoms with Gasteiger partial charge in [0.25, 0.3) is 5.91 Å². The molecule has 0 bridgehead atoms. The van der Waals surface area contributed by atoms with E-state index in [1.807, 2.05) is 32.0 Å². The molecule has 2 aromatic rings. The molecule has 0 atom stereocenters. The van der Waals surface area contributed by atoms with Gasteiger partial charge in [-0.2, -0.15) is 4.31 Å². The lowest BCUT2D eigenvalue weighted by molar-refractivity contribution is 0.0947. The number of hydrogen-bond donors (Lipinski definition) is 1. The summed E-state index contributed by atoms with van der Waals surface area (Å²) in [6, 6.07) is 12.0. The van der Waals surface area contributed by atoms with Crippen molar-refractivity contribution in [3.63, 3.8) is 0 Å². The second-order valence-electron chi connectivity index (χ2n) is 6.94. The van der Waals surface area contributed by atoms with Crippen molar-refractivity contribution >= 4 is 15.9 Å². The van der Waals surface area contributed by atoms with E-state index in [0.717, 1.165) is 29.7 Å². The van der Waals surface area contributed by atoms with Crippen molar-refractivity contribution in [3.8, 4) is 5.75 Å². The highest BCUT2D eigenvalue weighted by molar-refractivity contribution is 7.89. The molecule has 3 rings (SSSR count). The lowest BCUT2D eigenvalue weighted by Crippen LogP contribution is -2.29. The van der Waals surface area contributed by atoms with Crippen LogP contribution in [0.15, 0.2) is 47.4 Å². The predicted octanol–water partition coefficient (Wildman–Crippen LogP) is 2.90. The molecule has 0 saturated carbocycles. The van der Waals surface area contributed by atoms with Gasteiger partial charge in [-0.1, -0.05) is 12.1 Å². The third-order valence-electron chi connectivity index (χ3n) is 5.02. The van der Waals surface area contributed by atoms with Gasteiger partial charge in [-0.05, 0) is 68.1 Å². The monoisotopic (exact) mass is 402 g/mol. The van der Waals surface area contributed by atoms with Crippen LogP contribution in [-0.4, -0.2) is 44.9 Å². The fraction of sp³-hybridized carbons (Fsp3) is 0.381. The van der Waals surface area contributed by atoms with E-state index >= 15 is 0 Å². The molecule has 0 aromatic heterocycles. The average Bonchev–Trinajstić information content (AvgIpc) is 3.24. The van der Waals surface area contributed by atoms with E-state index in [2.05, 4.69) is 5.32 Å². The normalized spacial score (nSPS) is 14.8. The molecule has 0 spiro atoms. The Hall–Kier alpha value is -2.38. The fourth-order valence-electron chi connectivity index (χ4n) is 3.16. The Balaban J connectivity index is 1.53. The van der Waals surface area contributed by atoms with Crippen molar-refractivity contribution in [2.75, 3.05) is 26.2 Å². The predicted molar refractivity (Wildman–Crippen MR) is 108 cm³/mol. The van der Waals surface area contributed by atoms with Crippen LogP contribution in [0, 0.1) is 13.8 Å². The van der Waals surface area contributed by atoms with Gasteiger partial charge in [0.1, 0.15) is 12.4 Å². The highest BCUT2D eigenvalue weighted by atomic mass is 32.2. The maximum absolute atomic E-state index is 12.5. The van der Waals surface area contributed by atoms with Crippen molar-refractivity contribution in [2.45, 2.75) is 31.6 Å². The highest BCUT2D eigenvalue weighted by Crippen LogP contribution is 2.21. The first-order valence-corrected chi connectivity index (χ1v) is 10.9. The summed E-state index contributed by atoms with van der Waals surface area (Å²) in [5.41, 5.74) is 2.67. The number of hydrogen-bond acceptors (Lipinski definition) is 4. The molecule has 1 aliphatic heterocycles. The molecule has 2 aromatic carbocycles. The largest absolute Gasteiger partial charge is 0.491 e. The van der Waals surface area contributed by atoms with Gasteiger partial charge in [0.2, 0.25) is 10.0 Å². The molecular formula is C21H26N2O4S. The second kappa shape index (κ2) is 8.75. The topological polar surface area (TPSA) is 75.7 Å². The number of sulfonamides is 1. The van der Waals surface area contributed by atoms with E-state index in [4.69, 9.17) is 4.74 Å². The zero-order valence-electron chi connectivity index (χ0n) is 16.3. The molecule has 1 aliphatic rings. The lowest BCUT2D eigenvalue weighted by Gasteiger charge is -2.15. The molecule has 7 heteroatoms. The number of aryl methyl sites for hydroxylation is 1. The number of amides is 1. The summed E-state index contributed by atoms with van der Waals surface area (Å²) in [6.45, 7) is 5.87. The van der Waals surface area contributed by atoms with Gasteiger partial charge in [-0.3, -0.25) is 4.79 Å². The first-order chi connectivity index (χ1) is 13.4. The van der Waals surface area contributed by atoms with Crippen LogP contribution in [0.2, 0.25) is 0 Å². The molecule has 150 valence electrons. The number of rotatable bonds is 7. The van der Waals surface area contributed by atoms with Gasteiger partial charge in [-0.15, -0.1) is 0 Å². The smallest absolute Gasteiger partial charge is 0.251 e. The molecule has 1 heterocycles. The van der Waals surface area contributed by atoms with E-state index < -0.39 is 10.0 Å². The van der Waals surface area contributed by atoms with Gasteiger partial charge in [0.15, 0.2) is 0 Å². The minimum absolute atomic E-state index is 0.226. The summed E-state index contributed by atoms with van der Waals surface area (Å²) in [4.78, 5) is 12.5. The minimum atomic E-state index is -3.46. The van der Waals surface area contributed by atoms with Crippen LogP contribution in [0.3, 0.4) is 0 Å². The van der Waals surface area contributed by atoms with Crippen LogP contribution in [0.25, 0.3) is 0 Å². The van der Waals surface area contributed by atoms with Gasteiger partial charge in [0, 0.05) is 18.7 Å². The number of ether oxygens (including phenoxy) is 1. The van der Waals surface area contributed by atoms with Crippen LogP contribution in [0.4, 0.5) is 0 Å². The maximum Gasteiger partial charge on any atom is 0.251 e. The number of benzene rings is 2. The molecule has 6 nitrogen and oxygen atoms in total. The SMILES string of the molecule is Cc1cccc(OCCNC(=O)c2ccc(S(=O)(=O)N3CCCC3)cc2)c1C. The van der Waals surface area contributed by atoms with Gasteiger partial charge >= 0.3 is 0 Å². The molecule has 28 heavy (non-hydrogen) atoms. The molecular weight excluding hydrogens is 376 g/mol. The standard InChI is InChI=1S/C21H26N2O4S/c1-16-6-5-7-20(17(16)2)27-15-12-22-21(24)18-8-10-19(11-9-18)28(25,26)23-13-3-4-14-23/h5-11H,3-4,12-15H2,1-2H3,(H,22,24). The van der Waals surface area contributed by atoms with Gasteiger partial charge < -0.3 is 10.1 Å². The number of nitrogens with zero attached hydrogens (tertiary/aromatic N) is 1. The van der Waals surface area contributed by atoms with E-state index in [9.17, 15) is 13.2 Å². The second-order valence-corrected chi connectivity index (χ2v) is 8.88. The van der Waals surface area contributed by atoms with Crippen LogP contribution in [0.5, 0.6) is 5.75 Å². The lowest BCUT2D eigenvalue weighted by atomic mass is 10.1. The summed E-state index contributed by atoms with van der Waals surface area (Å²) in [5, 5.41) is 2.79. The van der Waals surface area contributed by atoms with Crippen molar-refractivity contribution in [1.29, 1.82) is 0 Å². The summed E-state index contributed by atoms with van der Waals surface area (Å²) >= 11 is 0. The van der Waals surface area contributed by atoms with Crippen LogP contribution >= 0.6 is 0 Å². The number of carbonyl (C=O) groups is 1. The third kappa shape index (κ3) is 4.54. The minimum Gasteiger partial charge on any atom is -0.491 e. The Morgan fingerprint density at radius 1 is 1.07 bits per heavy atom. The molecule has 1 amide bonds. The van der Waals surface area contributed by atoms with Gasteiger partial charge in [-0.25, -0.2) is 8.42 Å². The van der Waals surface area contributed by atoms with Crippen molar-refractivity contribution in [2.24, 2.45) is 0 Å². The van der Waals surface area contributed by atoms with Crippen molar-refractivity contribution in [3.05, 3.63) is 59.2 Å². The van der Waals surface area contributed by atoms with Crippen LogP contribution in [0.1, 0.15) is 34.3 Å². The number of carbonyl (C=O) groups excluding carboxylic acids is 1. The van der Waals surface area contributed by atoms with Crippen LogP contribution in [-0.2, 0) is 10.0 Å². The van der Waals surface area contributed by atoms with Crippen molar-refractivity contribution in [1.82, 2.24) is 9.62 Å². The quantitative estimate of drug-likeness (QED) is 0.723. The Labute approximate surface area is 166 Å². The Bertz CT molecular complexity index is 933. The number of nitrogens with one attached hydrogen (secondary N) is 1. The van der Waals surface area contributed by atoms with E-state index in [1.165, 1.54) is 16.4 Å². The Kier molecular flexibility index (Phi) is 6.36. The van der Waals surface area contributed by atoms with Gasteiger partial charge in [0.05, 0.1) is 11.4 Å². The third-order valence-corrected chi connectivity index (χ3v) is 6.93. The summed E-state index contributed by atoms with van der Waals surface area (Å²) in [5.74, 6) is 0.556. The Morgan fingerprint density at radius 2 is 1.75 bits per heavy atom. The fourth-order valence-corrected chi connectivity index (χ4v) is 4.68. The van der Waals surface area contributed by atoms with Crippen LogP contribution < -0.4 is 10.1 Å². The molecule has 1 saturated heterocycles. The average molecular weight is 403 g/mol. The molecule has 0 aliphatic carbocycles. The molecule has 1 N–H and O–H groups in total. The molecule has 0 radical (unpaired) electrons. The summed E-state index contributed by atoms with van der Waals surface area (Å²) < 4.78 is 32.3. The van der Waals surface area contributed by atoms with Crippen molar-refractivity contribution < 1.29 is 17.9 Å². The first-order valence-electron chi connectivity index (χ1n) is 9.47. The van der Waals surface area contributed by atoms with E-state index in [0.29, 0.717) is 31.8 Å². The molecule has 0 unspecified atom stereocenters. The molecule has 1 fully saturated rings. The zero-order valence-corrected chi connectivity index (χ0v) is 17.1.